The minimum atomic E-state index is 0.616. The van der Waals surface area contributed by atoms with Gasteiger partial charge in [-0.3, -0.25) is 0 Å². The molecule has 0 aliphatic carbocycles. The maximum Gasteiger partial charge on any atom is 0.164 e. The first-order chi connectivity index (χ1) is 26.8. The molecule has 54 heavy (non-hydrogen) atoms. The van der Waals surface area contributed by atoms with E-state index in [4.69, 9.17) is 15.0 Å². The zero-order chi connectivity index (χ0) is 36.1. The van der Waals surface area contributed by atoms with E-state index < -0.39 is 0 Å². The van der Waals surface area contributed by atoms with Crippen LogP contribution in [-0.4, -0.2) is 15.0 Å². The smallest absolute Gasteiger partial charge is 0.164 e. The van der Waals surface area contributed by atoms with E-state index in [1.54, 1.807) is 0 Å². The van der Waals surface area contributed by atoms with Crippen LogP contribution in [0.15, 0.2) is 212 Å². The minimum Gasteiger partial charge on any atom is -0.208 e. The molecule has 0 saturated carbocycles. The fraction of sp³-hybridized carbons (Fsp3) is 0. The Kier molecular flexibility index (Phi) is 8.94. The second-order valence-corrected chi connectivity index (χ2v) is 13.2. The highest BCUT2D eigenvalue weighted by Crippen LogP contribution is 2.40. The van der Waals surface area contributed by atoms with Crippen molar-refractivity contribution in [2.45, 2.75) is 0 Å². The lowest BCUT2D eigenvalue weighted by Gasteiger charge is -2.16. The van der Waals surface area contributed by atoms with Gasteiger partial charge in [0.25, 0.3) is 0 Å². The van der Waals surface area contributed by atoms with Crippen molar-refractivity contribution in [2.75, 3.05) is 0 Å². The summed E-state index contributed by atoms with van der Waals surface area (Å²) in [5, 5.41) is 0. The average molecular weight is 690 g/mol. The van der Waals surface area contributed by atoms with Gasteiger partial charge in [0.1, 0.15) is 0 Å². The minimum absolute atomic E-state index is 0.616. The summed E-state index contributed by atoms with van der Waals surface area (Å²) in [5.41, 5.74) is 14.1. The standard InChI is InChI=1S/C51H35N3/c1-5-17-36(18-6-1)37-31-33-41(34-32-37)49-52-50(43-26-15-25-42(35-43)45-28-14-13-27-44(45)38-19-7-2-8-20-38)54-51(53-49)47-30-16-29-46(39-21-9-3-10-22-39)48(47)40-23-11-4-12-24-40/h1-35H. The summed E-state index contributed by atoms with van der Waals surface area (Å²) < 4.78 is 0. The quantitative estimate of drug-likeness (QED) is 0.159. The first-order valence-electron chi connectivity index (χ1n) is 18.2. The summed E-state index contributed by atoms with van der Waals surface area (Å²) in [6.45, 7) is 0. The number of rotatable bonds is 8. The van der Waals surface area contributed by atoms with Crippen LogP contribution in [0.5, 0.6) is 0 Å². The van der Waals surface area contributed by atoms with Crippen LogP contribution < -0.4 is 0 Å². The van der Waals surface area contributed by atoms with E-state index >= 15 is 0 Å². The fourth-order valence-electron chi connectivity index (χ4n) is 7.14. The Morgan fingerprint density at radius 3 is 1.20 bits per heavy atom. The average Bonchev–Trinajstić information content (AvgIpc) is 3.27. The molecule has 0 bridgehead atoms. The van der Waals surface area contributed by atoms with Crippen LogP contribution in [0, 0.1) is 0 Å². The molecule has 0 saturated heterocycles. The number of benzene rings is 8. The highest BCUT2D eigenvalue weighted by molar-refractivity contribution is 5.93. The predicted molar refractivity (Wildman–Crippen MR) is 223 cm³/mol. The van der Waals surface area contributed by atoms with Gasteiger partial charge in [0.2, 0.25) is 0 Å². The van der Waals surface area contributed by atoms with Crippen molar-refractivity contribution in [2.24, 2.45) is 0 Å². The molecule has 0 unspecified atom stereocenters. The van der Waals surface area contributed by atoms with Gasteiger partial charge in [-0.2, -0.15) is 0 Å². The van der Waals surface area contributed by atoms with E-state index in [9.17, 15) is 0 Å². The SMILES string of the molecule is c1ccc(-c2ccc(-c3nc(-c4cccc(-c5ccccc5-c5ccccc5)c4)nc(-c4cccc(-c5ccccc5)c4-c4ccccc4)n3)cc2)cc1. The lowest BCUT2D eigenvalue weighted by molar-refractivity contribution is 1.07. The predicted octanol–water partition coefficient (Wildman–Crippen LogP) is 13.2. The Labute approximate surface area is 316 Å². The zero-order valence-corrected chi connectivity index (χ0v) is 29.5. The first-order valence-corrected chi connectivity index (χ1v) is 18.2. The second-order valence-electron chi connectivity index (χ2n) is 13.2. The van der Waals surface area contributed by atoms with E-state index in [1.807, 2.05) is 6.07 Å². The summed E-state index contributed by atoms with van der Waals surface area (Å²) in [6, 6.07) is 74.0. The lowest BCUT2D eigenvalue weighted by atomic mass is 9.90. The molecule has 3 nitrogen and oxygen atoms in total. The van der Waals surface area contributed by atoms with Crippen molar-refractivity contribution in [1.82, 2.24) is 15.0 Å². The topological polar surface area (TPSA) is 38.7 Å². The Morgan fingerprint density at radius 1 is 0.204 bits per heavy atom. The van der Waals surface area contributed by atoms with Crippen LogP contribution in [0.2, 0.25) is 0 Å². The molecule has 0 fully saturated rings. The molecule has 1 aromatic heterocycles. The second kappa shape index (κ2) is 14.8. The maximum absolute atomic E-state index is 5.28. The first kappa shape index (κ1) is 32.7. The van der Waals surface area contributed by atoms with Gasteiger partial charge < -0.3 is 0 Å². The van der Waals surface area contributed by atoms with Gasteiger partial charge >= 0.3 is 0 Å². The summed E-state index contributed by atoms with van der Waals surface area (Å²) in [7, 11) is 0. The van der Waals surface area contributed by atoms with E-state index in [0.717, 1.165) is 55.6 Å². The van der Waals surface area contributed by atoms with Crippen molar-refractivity contribution in [3.63, 3.8) is 0 Å². The third-order valence-electron chi connectivity index (χ3n) is 9.78. The summed E-state index contributed by atoms with van der Waals surface area (Å²) >= 11 is 0. The molecule has 8 aromatic carbocycles. The number of hydrogen-bond acceptors (Lipinski definition) is 3. The molecular weight excluding hydrogens is 655 g/mol. The van der Waals surface area contributed by atoms with Crippen LogP contribution in [0.25, 0.3) is 89.8 Å². The largest absolute Gasteiger partial charge is 0.208 e. The van der Waals surface area contributed by atoms with Gasteiger partial charge in [0.15, 0.2) is 17.5 Å². The molecule has 0 radical (unpaired) electrons. The molecule has 3 heteroatoms. The van der Waals surface area contributed by atoms with Gasteiger partial charge in [0.05, 0.1) is 0 Å². The Hall–Kier alpha value is -7.23. The van der Waals surface area contributed by atoms with Crippen molar-refractivity contribution >= 4 is 0 Å². The number of nitrogens with zero attached hydrogens (tertiary/aromatic N) is 3. The molecule has 0 amide bonds. The van der Waals surface area contributed by atoms with Gasteiger partial charge in [0, 0.05) is 22.3 Å². The van der Waals surface area contributed by atoms with E-state index in [1.165, 1.54) is 16.7 Å². The molecule has 254 valence electrons. The zero-order valence-electron chi connectivity index (χ0n) is 29.5. The monoisotopic (exact) mass is 689 g/mol. The molecule has 0 spiro atoms. The molecule has 9 aromatic rings. The molecule has 9 rings (SSSR count). The van der Waals surface area contributed by atoms with Crippen molar-refractivity contribution < 1.29 is 0 Å². The Balaban J connectivity index is 1.24. The molecule has 1 heterocycles. The van der Waals surface area contributed by atoms with Crippen molar-refractivity contribution in [3.8, 4) is 89.8 Å². The van der Waals surface area contributed by atoms with Crippen LogP contribution in [0.4, 0.5) is 0 Å². The van der Waals surface area contributed by atoms with E-state index in [-0.39, 0.29) is 0 Å². The normalized spacial score (nSPS) is 11.0. The number of hydrogen-bond donors (Lipinski definition) is 0. The van der Waals surface area contributed by atoms with Gasteiger partial charge in [-0.25, -0.2) is 15.0 Å². The van der Waals surface area contributed by atoms with Crippen LogP contribution in [0.3, 0.4) is 0 Å². The molecular formula is C51H35N3. The van der Waals surface area contributed by atoms with Crippen LogP contribution in [0.1, 0.15) is 0 Å². The Morgan fingerprint density at radius 2 is 0.574 bits per heavy atom. The van der Waals surface area contributed by atoms with Crippen LogP contribution >= 0.6 is 0 Å². The van der Waals surface area contributed by atoms with Crippen LogP contribution in [-0.2, 0) is 0 Å². The third kappa shape index (κ3) is 6.63. The molecule has 0 N–H and O–H groups in total. The summed E-state index contributed by atoms with van der Waals surface area (Å²) in [6.07, 6.45) is 0. The van der Waals surface area contributed by atoms with E-state index in [2.05, 4.69) is 206 Å². The highest BCUT2D eigenvalue weighted by atomic mass is 15.0. The summed E-state index contributed by atoms with van der Waals surface area (Å²) in [5.74, 6) is 1.85. The van der Waals surface area contributed by atoms with Gasteiger partial charge in [-0.05, 0) is 56.1 Å². The maximum atomic E-state index is 5.28. The summed E-state index contributed by atoms with van der Waals surface area (Å²) in [4.78, 5) is 15.7. The molecule has 0 atom stereocenters. The Bertz CT molecular complexity index is 2670. The molecule has 0 aliphatic heterocycles. The number of aromatic nitrogens is 3. The molecule has 0 aliphatic rings. The van der Waals surface area contributed by atoms with Crippen molar-refractivity contribution in [3.05, 3.63) is 212 Å². The fourth-order valence-corrected chi connectivity index (χ4v) is 7.14. The van der Waals surface area contributed by atoms with Gasteiger partial charge in [-0.15, -0.1) is 0 Å². The van der Waals surface area contributed by atoms with Crippen molar-refractivity contribution in [1.29, 1.82) is 0 Å². The lowest BCUT2D eigenvalue weighted by Crippen LogP contribution is -2.02. The third-order valence-corrected chi connectivity index (χ3v) is 9.78. The van der Waals surface area contributed by atoms with Gasteiger partial charge in [-0.1, -0.05) is 206 Å². The van der Waals surface area contributed by atoms with E-state index in [0.29, 0.717) is 17.5 Å². The highest BCUT2D eigenvalue weighted by Gasteiger charge is 2.19.